The van der Waals surface area contributed by atoms with Crippen LogP contribution in [0.4, 0.5) is 0 Å². The van der Waals surface area contributed by atoms with Crippen LogP contribution in [0.5, 0.6) is 0 Å². The minimum Gasteiger partial charge on any atom is -0.310 e. The maximum atomic E-state index is 11.3. The molecule has 0 spiro atoms. The minimum atomic E-state index is 0.410. The van der Waals surface area contributed by atoms with Gasteiger partial charge in [-0.1, -0.05) is 12.8 Å². The van der Waals surface area contributed by atoms with E-state index in [1.54, 1.807) is 0 Å². The first-order valence-corrected chi connectivity index (χ1v) is 5.57. The van der Waals surface area contributed by atoms with Gasteiger partial charge in [-0.3, -0.25) is 4.79 Å². The Labute approximate surface area is 80.1 Å². The summed E-state index contributed by atoms with van der Waals surface area (Å²) in [5, 5.41) is 3.24. The lowest BCUT2D eigenvalue weighted by atomic mass is 10.1. The molecule has 2 aliphatic carbocycles. The highest BCUT2D eigenvalue weighted by Gasteiger charge is 2.22. The Morgan fingerprint density at radius 1 is 1.15 bits per heavy atom. The van der Waals surface area contributed by atoms with Gasteiger partial charge in [0.15, 0.2) is 0 Å². The molecule has 2 saturated carbocycles. The third-order valence-electron chi connectivity index (χ3n) is 2.98. The average Bonchev–Trinajstić information content (AvgIpc) is 2.97. The number of rotatable bonds is 7. The Bertz CT molecular complexity index is 183. The largest absolute Gasteiger partial charge is 0.310 e. The first-order valence-electron chi connectivity index (χ1n) is 5.57. The van der Waals surface area contributed by atoms with E-state index in [4.69, 9.17) is 0 Å². The van der Waals surface area contributed by atoms with E-state index in [1.807, 2.05) is 0 Å². The predicted octanol–water partition coefficient (Wildman–Crippen LogP) is 1.75. The Kier molecular flexibility index (Phi) is 2.99. The molecule has 0 saturated heterocycles. The second kappa shape index (κ2) is 4.23. The van der Waals surface area contributed by atoms with E-state index < -0.39 is 0 Å². The summed E-state index contributed by atoms with van der Waals surface area (Å²) < 4.78 is 0. The summed E-state index contributed by atoms with van der Waals surface area (Å²) in [7, 11) is 0. The molecular weight excluding hydrogens is 162 g/mol. The summed E-state index contributed by atoms with van der Waals surface area (Å²) in [5.41, 5.74) is 0. The van der Waals surface area contributed by atoms with E-state index in [2.05, 4.69) is 5.32 Å². The molecule has 0 bridgehead atoms. The van der Waals surface area contributed by atoms with Crippen molar-refractivity contribution < 1.29 is 4.79 Å². The molecule has 0 unspecified atom stereocenters. The molecule has 0 aliphatic heterocycles. The standard InChI is InChI=1S/C11H19NO/c13-11(6-5-9-1-2-9)8-12-7-10-3-4-10/h9-10,12H,1-8H2. The van der Waals surface area contributed by atoms with Gasteiger partial charge in [0.2, 0.25) is 0 Å². The van der Waals surface area contributed by atoms with Crippen molar-refractivity contribution >= 4 is 5.78 Å². The third-order valence-corrected chi connectivity index (χ3v) is 2.98. The van der Waals surface area contributed by atoms with Crippen molar-refractivity contribution in [1.82, 2.24) is 5.32 Å². The molecule has 1 N–H and O–H groups in total. The van der Waals surface area contributed by atoms with Crippen LogP contribution in [-0.2, 0) is 4.79 Å². The molecule has 2 fully saturated rings. The number of hydrogen-bond acceptors (Lipinski definition) is 2. The smallest absolute Gasteiger partial charge is 0.146 e. The summed E-state index contributed by atoms with van der Waals surface area (Å²) in [6.45, 7) is 1.68. The van der Waals surface area contributed by atoms with Gasteiger partial charge in [0.1, 0.15) is 5.78 Å². The molecule has 2 aliphatic rings. The van der Waals surface area contributed by atoms with Gasteiger partial charge in [-0.2, -0.15) is 0 Å². The number of Topliss-reactive ketones (excluding diaryl/α,β-unsaturated/α-hetero) is 1. The molecule has 0 aromatic rings. The molecule has 0 heterocycles. The summed E-state index contributed by atoms with van der Waals surface area (Å²) in [5.74, 6) is 2.19. The molecule has 13 heavy (non-hydrogen) atoms. The second-order valence-corrected chi connectivity index (χ2v) is 4.60. The van der Waals surface area contributed by atoms with Crippen molar-refractivity contribution in [3.63, 3.8) is 0 Å². The summed E-state index contributed by atoms with van der Waals surface area (Å²) in [6, 6.07) is 0. The van der Waals surface area contributed by atoms with E-state index in [0.29, 0.717) is 12.3 Å². The Morgan fingerprint density at radius 2 is 1.85 bits per heavy atom. The normalized spacial score (nSPS) is 21.8. The van der Waals surface area contributed by atoms with E-state index in [-0.39, 0.29) is 0 Å². The van der Waals surface area contributed by atoms with Crippen molar-refractivity contribution in [2.75, 3.05) is 13.1 Å². The summed E-state index contributed by atoms with van der Waals surface area (Å²) in [4.78, 5) is 11.3. The van der Waals surface area contributed by atoms with E-state index in [9.17, 15) is 4.79 Å². The monoisotopic (exact) mass is 181 g/mol. The Balaban J connectivity index is 1.44. The lowest BCUT2D eigenvalue weighted by Gasteiger charge is -2.01. The van der Waals surface area contributed by atoms with Gasteiger partial charge in [-0.05, 0) is 37.6 Å². The molecule has 0 radical (unpaired) electrons. The molecule has 2 heteroatoms. The first kappa shape index (κ1) is 9.20. The van der Waals surface area contributed by atoms with E-state index in [0.717, 1.165) is 31.2 Å². The van der Waals surface area contributed by atoms with Gasteiger partial charge in [-0.15, -0.1) is 0 Å². The second-order valence-electron chi connectivity index (χ2n) is 4.60. The van der Waals surface area contributed by atoms with Crippen LogP contribution in [0.1, 0.15) is 38.5 Å². The zero-order valence-electron chi connectivity index (χ0n) is 8.22. The molecule has 74 valence electrons. The molecule has 2 rings (SSSR count). The van der Waals surface area contributed by atoms with Gasteiger partial charge in [0.25, 0.3) is 0 Å². The van der Waals surface area contributed by atoms with Crippen LogP contribution in [0.2, 0.25) is 0 Å². The predicted molar refractivity (Wildman–Crippen MR) is 52.6 cm³/mol. The Hall–Kier alpha value is -0.370. The van der Waals surface area contributed by atoms with Crippen LogP contribution >= 0.6 is 0 Å². The quantitative estimate of drug-likeness (QED) is 0.648. The van der Waals surface area contributed by atoms with Crippen LogP contribution in [0.3, 0.4) is 0 Å². The first-order chi connectivity index (χ1) is 6.34. The van der Waals surface area contributed by atoms with Crippen molar-refractivity contribution in [3.05, 3.63) is 0 Å². The SMILES string of the molecule is O=C(CCC1CC1)CNCC1CC1. The van der Waals surface area contributed by atoms with Gasteiger partial charge in [-0.25, -0.2) is 0 Å². The fraction of sp³-hybridized carbons (Fsp3) is 0.909. The van der Waals surface area contributed by atoms with Gasteiger partial charge in [0, 0.05) is 6.42 Å². The van der Waals surface area contributed by atoms with Crippen LogP contribution < -0.4 is 5.32 Å². The number of carbonyl (C=O) groups is 1. The summed E-state index contributed by atoms with van der Waals surface area (Å²) >= 11 is 0. The van der Waals surface area contributed by atoms with E-state index in [1.165, 1.54) is 25.7 Å². The van der Waals surface area contributed by atoms with Gasteiger partial charge < -0.3 is 5.32 Å². The lowest BCUT2D eigenvalue weighted by Crippen LogP contribution is -2.24. The zero-order chi connectivity index (χ0) is 9.10. The van der Waals surface area contributed by atoms with Crippen LogP contribution in [-0.4, -0.2) is 18.9 Å². The molecule has 0 aromatic carbocycles. The number of carbonyl (C=O) groups excluding carboxylic acids is 1. The van der Waals surface area contributed by atoms with E-state index >= 15 is 0 Å². The summed E-state index contributed by atoms with van der Waals surface area (Å²) in [6.07, 6.45) is 7.41. The van der Waals surface area contributed by atoms with Crippen molar-refractivity contribution in [2.24, 2.45) is 11.8 Å². The highest BCUT2D eigenvalue weighted by atomic mass is 16.1. The molecule has 0 aromatic heterocycles. The number of ketones is 1. The minimum absolute atomic E-state index is 0.410. The van der Waals surface area contributed by atoms with Crippen LogP contribution in [0, 0.1) is 11.8 Å². The third kappa shape index (κ3) is 3.90. The molecule has 0 amide bonds. The van der Waals surface area contributed by atoms with Crippen molar-refractivity contribution in [2.45, 2.75) is 38.5 Å². The number of nitrogens with one attached hydrogen (secondary N) is 1. The lowest BCUT2D eigenvalue weighted by molar-refractivity contribution is -0.118. The average molecular weight is 181 g/mol. The fourth-order valence-electron chi connectivity index (χ4n) is 1.60. The van der Waals surface area contributed by atoms with Crippen LogP contribution in [0.25, 0.3) is 0 Å². The van der Waals surface area contributed by atoms with Gasteiger partial charge in [0.05, 0.1) is 6.54 Å². The van der Waals surface area contributed by atoms with Crippen molar-refractivity contribution in [3.8, 4) is 0 Å². The highest BCUT2D eigenvalue weighted by molar-refractivity contribution is 5.80. The topological polar surface area (TPSA) is 29.1 Å². The maximum Gasteiger partial charge on any atom is 0.146 e. The fourth-order valence-corrected chi connectivity index (χ4v) is 1.60. The van der Waals surface area contributed by atoms with Crippen molar-refractivity contribution in [1.29, 1.82) is 0 Å². The molecule has 0 atom stereocenters. The maximum absolute atomic E-state index is 11.3. The highest BCUT2D eigenvalue weighted by Crippen LogP contribution is 2.33. The zero-order valence-corrected chi connectivity index (χ0v) is 8.22. The number of hydrogen-bond donors (Lipinski definition) is 1. The molecule has 2 nitrogen and oxygen atoms in total. The van der Waals surface area contributed by atoms with Gasteiger partial charge >= 0.3 is 0 Å². The molecular formula is C11H19NO. The van der Waals surface area contributed by atoms with Crippen LogP contribution in [0.15, 0.2) is 0 Å². The Morgan fingerprint density at radius 3 is 2.46 bits per heavy atom.